The molecule has 2 rings (SSSR count). The summed E-state index contributed by atoms with van der Waals surface area (Å²) >= 11 is 1.70. The van der Waals surface area contributed by atoms with Gasteiger partial charge in [-0.15, -0.1) is 0 Å². The van der Waals surface area contributed by atoms with E-state index in [0.29, 0.717) is 0 Å². The predicted octanol–water partition coefficient (Wildman–Crippen LogP) is 8.92. The van der Waals surface area contributed by atoms with Crippen LogP contribution in [0, 0.1) is 12.3 Å². The Morgan fingerprint density at radius 3 is 2.24 bits per heavy atom. The summed E-state index contributed by atoms with van der Waals surface area (Å²) in [5.74, 6) is 0.971. The summed E-state index contributed by atoms with van der Waals surface area (Å²) in [5.41, 5.74) is 8.85. The van der Waals surface area contributed by atoms with Crippen LogP contribution in [0.1, 0.15) is 92.2 Å². The van der Waals surface area contributed by atoms with Gasteiger partial charge < -0.3 is 15.8 Å². The van der Waals surface area contributed by atoms with E-state index in [9.17, 15) is 0 Å². The van der Waals surface area contributed by atoms with Crippen LogP contribution in [0.2, 0.25) is 0 Å². The third kappa shape index (κ3) is 13.0. The number of carbonyl (C=O) groups excluding carboxylic acids is 1. The lowest BCUT2D eigenvalue weighted by Gasteiger charge is -2.30. The first-order valence-electron chi connectivity index (χ1n) is 13.6. The van der Waals surface area contributed by atoms with Crippen molar-refractivity contribution in [1.82, 2.24) is 4.98 Å². The van der Waals surface area contributed by atoms with Crippen molar-refractivity contribution in [3.05, 3.63) is 54.5 Å². The Balaban J connectivity index is 0. The van der Waals surface area contributed by atoms with E-state index in [1.807, 2.05) is 40.0 Å². The molecule has 0 saturated heterocycles. The number of benzene rings is 1. The standard InChI is InChI=1S/C16H19N3S.C12H24O.C2H6.CH3NO/c1-5-12(10-17-6-2)13-8-11(4)15-14(9-13)19-16(20-15)18-7-3;1-6-9-12(5,10-7-2)11(4)13-8-3;1-2;2-1-3/h5-6,8-10H,2,7H2,1,3-4H3,(H,18,19);4,6-10H2,1-3,5H3;1-2H3;1H,(H2,2,3)/b12-5+,17-10?;;;. The maximum atomic E-state index is 8.58. The van der Waals surface area contributed by atoms with E-state index in [2.05, 4.69) is 80.9 Å². The fourth-order valence-electron chi connectivity index (χ4n) is 3.90. The highest BCUT2D eigenvalue weighted by atomic mass is 32.1. The van der Waals surface area contributed by atoms with Crippen molar-refractivity contribution >= 4 is 44.9 Å². The number of nitrogens with zero attached hydrogens (tertiary/aromatic N) is 2. The number of anilines is 1. The first-order valence-corrected chi connectivity index (χ1v) is 14.5. The number of nitrogens with two attached hydrogens (primary N) is 1. The van der Waals surface area contributed by atoms with E-state index in [1.165, 1.54) is 35.9 Å². The van der Waals surface area contributed by atoms with Crippen LogP contribution >= 0.6 is 11.3 Å². The lowest BCUT2D eigenvalue weighted by Crippen LogP contribution is -2.20. The summed E-state index contributed by atoms with van der Waals surface area (Å²) < 4.78 is 6.75. The van der Waals surface area contributed by atoms with Crippen LogP contribution in [0.3, 0.4) is 0 Å². The van der Waals surface area contributed by atoms with E-state index in [0.717, 1.165) is 40.7 Å². The summed E-state index contributed by atoms with van der Waals surface area (Å²) in [6.45, 7) is 28.2. The van der Waals surface area contributed by atoms with Gasteiger partial charge in [0.15, 0.2) is 5.13 Å². The Morgan fingerprint density at radius 2 is 1.79 bits per heavy atom. The molecule has 0 unspecified atom stereocenters. The van der Waals surface area contributed by atoms with Gasteiger partial charge in [0.25, 0.3) is 0 Å². The van der Waals surface area contributed by atoms with E-state index in [4.69, 9.17) is 9.53 Å². The Hall–Kier alpha value is -2.93. The monoisotopic (exact) mass is 544 g/mol. The fourth-order valence-corrected chi connectivity index (χ4v) is 4.88. The minimum atomic E-state index is 0.194. The zero-order chi connectivity index (χ0) is 29.6. The number of primary amides is 1. The van der Waals surface area contributed by atoms with Gasteiger partial charge in [0, 0.05) is 24.4 Å². The van der Waals surface area contributed by atoms with Crippen LogP contribution in [0.25, 0.3) is 15.8 Å². The van der Waals surface area contributed by atoms with E-state index in [-0.39, 0.29) is 11.8 Å². The van der Waals surface area contributed by atoms with Crippen molar-refractivity contribution in [2.75, 3.05) is 18.5 Å². The quantitative estimate of drug-likeness (QED) is 0.158. The van der Waals surface area contributed by atoms with Gasteiger partial charge in [0.2, 0.25) is 6.41 Å². The fraction of sp³-hybridized carbons (Fsp3) is 0.516. The molecule has 0 aliphatic carbocycles. The molecule has 3 N–H and O–H groups in total. The highest BCUT2D eigenvalue weighted by Gasteiger charge is 2.27. The minimum absolute atomic E-state index is 0.194. The number of aliphatic imine (C=N–C) groups is 1. The first kappa shape index (κ1) is 37.2. The number of allylic oxidation sites excluding steroid dienone is 3. The number of hydrogen-bond acceptors (Lipinski definition) is 6. The van der Waals surface area contributed by atoms with Gasteiger partial charge in [-0.3, -0.25) is 9.79 Å². The number of aryl methyl sites for hydroxylation is 1. The highest BCUT2D eigenvalue weighted by molar-refractivity contribution is 7.22. The second kappa shape index (κ2) is 22.1. The smallest absolute Gasteiger partial charge is 0.204 e. The zero-order valence-corrected chi connectivity index (χ0v) is 26.1. The van der Waals surface area contributed by atoms with Gasteiger partial charge in [0.1, 0.15) is 0 Å². The maximum Gasteiger partial charge on any atom is 0.204 e. The van der Waals surface area contributed by atoms with E-state index >= 15 is 0 Å². The van der Waals surface area contributed by atoms with Crippen molar-refractivity contribution in [3.8, 4) is 0 Å². The summed E-state index contributed by atoms with van der Waals surface area (Å²) in [4.78, 5) is 17.3. The van der Waals surface area contributed by atoms with Crippen LogP contribution < -0.4 is 11.1 Å². The van der Waals surface area contributed by atoms with Gasteiger partial charge in [-0.1, -0.05) is 78.0 Å². The molecule has 0 radical (unpaired) electrons. The number of rotatable bonds is 12. The molecule has 0 atom stereocenters. The molecule has 214 valence electrons. The van der Waals surface area contributed by atoms with Gasteiger partial charge in [0.05, 0.1) is 22.6 Å². The molecular weight excluding hydrogens is 492 g/mol. The lowest BCUT2D eigenvalue weighted by molar-refractivity contribution is -0.106. The topological polar surface area (TPSA) is 89.6 Å². The summed E-state index contributed by atoms with van der Waals surface area (Å²) in [7, 11) is 0. The van der Waals surface area contributed by atoms with Crippen molar-refractivity contribution in [2.24, 2.45) is 16.1 Å². The molecule has 38 heavy (non-hydrogen) atoms. The number of carbonyl (C=O) groups is 1. The van der Waals surface area contributed by atoms with Gasteiger partial charge in [-0.2, -0.15) is 0 Å². The second-order valence-electron chi connectivity index (χ2n) is 8.45. The molecule has 1 aromatic carbocycles. The normalized spacial score (nSPS) is 10.8. The number of hydrogen-bond donors (Lipinski definition) is 2. The average Bonchev–Trinajstić information content (AvgIpc) is 3.31. The number of aromatic nitrogens is 1. The van der Waals surface area contributed by atoms with Crippen molar-refractivity contribution < 1.29 is 9.53 Å². The van der Waals surface area contributed by atoms with Crippen molar-refractivity contribution in [3.63, 3.8) is 0 Å². The number of ether oxygens (including phenoxy) is 1. The molecule has 0 saturated carbocycles. The Kier molecular flexibility index (Phi) is 21.6. The number of nitrogens with one attached hydrogen (secondary N) is 1. The molecule has 0 aliphatic rings. The molecule has 6 nitrogen and oxygen atoms in total. The molecule has 1 aromatic heterocycles. The SMILES string of the molecule is C=C(OCC)C(C)(CCC)CCC.C=CN=C/C(=C\C)c1cc(C)c2sc(NCC)nc2c1.CC.NC=O. The minimum Gasteiger partial charge on any atom is -0.498 e. The van der Waals surface area contributed by atoms with Crippen LogP contribution in [-0.4, -0.2) is 30.8 Å². The van der Waals surface area contributed by atoms with Crippen molar-refractivity contribution in [1.29, 1.82) is 0 Å². The largest absolute Gasteiger partial charge is 0.498 e. The van der Waals surface area contributed by atoms with Gasteiger partial charge in [-0.05, 0) is 69.4 Å². The molecule has 0 fully saturated rings. The second-order valence-corrected chi connectivity index (χ2v) is 9.45. The average molecular weight is 545 g/mol. The predicted molar refractivity (Wildman–Crippen MR) is 171 cm³/mol. The van der Waals surface area contributed by atoms with Crippen LogP contribution in [0.4, 0.5) is 5.13 Å². The molecule has 0 bridgehead atoms. The summed E-state index contributed by atoms with van der Waals surface area (Å²) in [5, 5.41) is 4.25. The number of amides is 1. The summed E-state index contributed by atoms with van der Waals surface area (Å²) in [6.07, 6.45) is 10.4. The maximum absolute atomic E-state index is 8.58. The third-order valence-corrected chi connectivity index (χ3v) is 6.73. The number of thiazole rings is 1. The Morgan fingerprint density at radius 1 is 1.21 bits per heavy atom. The zero-order valence-electron chi connectivity index (χ0n) is 25.3. The number of fused-ring (bicyclic) bond motifs is 1. The molecule has 0 spiro atoms. The first-order chi connectivity index (χ1) is 18.2. The van der Waals surface area contributed by atoms with Crippen LogP contribution in [-0.2, 0) is 9.53 Å². The Labute approximate surface area is 236 Å². The molecule has 0 aliphatic heterocycles. The van der Waals surface area contributed by atoms with Gasteiger partial charge in [-0.25, -0.2) is 4.98 Å². The molecule has 1 amide bonds. The van der Waals surface area contributed by atoms with E-state index < -0.39 is 0 Å². The summed E-state index contributed by atoms with van der Waals surface area (Å²) in [6, 6.07) is 4.30. The van der Waals surface area contributed by atoms with Gasteiger partial charge >= 0.3 is 0 Å². The molecule has 2 aromatic rings. The molecule has 1 heterocycles. The third-order valence-electron chi connectivity index (χ3n) is 5.56. The van der Waals surface area contributed by atoms with Crippen LogP contribution in [0.5, 0.6) is 0 Å². The molecular formula is C31H52N4O2S. The highest BCUT2D eigenvalue weighted by Crippen LogP contribution is 2.36. The lowest BCUT2D eigenvalue weighted by atomic mass is 9.80. The molecule has 7 heteroatoms. The van der Waals surface area contributed by atoms with Crippen LogP contribution in [0.15, 0.2) is 48.3 Å². The van der Waals surface area contributed by atoms with Crippen molar-refractivity contribution in [2.45, 2.75) is 88.0 Å². The van der Waals surface area contributed by atoms with E-state index in [1.54, 1.807) is 17.5 Å². The Bertz CT molecular complexity index is 1000.